The lowest BCUT2D eigenvalue weighted by Gasteiger charge is -2.35. The summed E-state index contributed by atoms with van der Waals surface area (Å²) in [5, 5.41) is 0. The third kappa shape index (κ3) is 5.33. The van der Waals surface area contributed by atoms with Gasteiger partial charge in [-0.25, -0.2) is 0 Å². The van der Waals surface area contributed by atoms with Crippen LogP contribution in [0, 0.1) is 6.92 Å². The number of rotatable bonds is 7. The fraction of sp³-hybridized carbons (Fsp3) is 0.667. The first-order chi connectivity index (χ1) is 10.2. The normalized spacial score (nSPS) is 22.5. The summed E-state index contributed by atoms with van der Waals surface area (Å²) in [5.74, 6) is 0.988. The van der Waals surface area contributed by atoms with E-state index < -0.39 is 0 Å². The average molecular weight is 290 g/mol. The third-order valence-corrected chi connectivity index (χ3v) is 4.51. The first-order valence-corrected chi connectivity index (χ1v) is 8.38. The zero-order chi connectivity index (χ0) is 15.1. The van der Waals surface area contributed by atoms with Gasteiger partial charge in [-0.2, -0.15) is 0 Å². The van der Waals surface area contributed by atoms with Crippen molar-refractivity contribution in [2.75, 3.05) is 19.7 Å². The van der Waals surface area contributed by atoms with E-state index >= 15 is 0 Å². The molecule has 0 bridgehead atoms. The van der Waals surface area contributed by atoms with Crippen LogP contribution >= 0.6 is 0 Å². The fourth-order valence-corrected chi connectivity index (χ4v) is 3.23. The molecule has 0 unspecified atom stereocenters. The summed E-state index contributed by atoms with van der Waals surface area (Å²) < 4.78 is 5.84. The van der Waals surface area contributed by atoms with Gasteiger partial charge in [0, 0.05) is 18.6 Å². The molecule has 0 saturated heterocycles. The Balaban J connectivity index is 1.68. The molecule has 1 aromatic carbocycles. The van der Waals surface area contributed by atoms with Crippen LogP contribution in [-0.4, -0.2) is 36.7 Å². The fourth-order valence-electron chi connectivity index (χ4n) is 3.23. The molecule has 2 N–H and O–H groups in total. The van der Waals surface area contributed by atoms with Gasteiger partial charge in [0.05, 0.1) is 6.61 Å². The molecular weight excluding hydrogens is 260 g/mol. The van der Waals surface area contributed by atoms with Crippen molar-refractivity contribution in [2.24, 2.45) is 5.73 Å². The highest BCUT2D eigenvalue weighted by atomic mass is 16.5. The molecule has 0 heterocycles. The maximum Gasteiger partial charge on any atom is 0.119 e. The molecular formula is C18H30N2O. The van der Waals surface area contributed by atoms with Crippen molar-refractivity contribution in [3.8, 4) is 5.75 Å². The number of benzene rings is 1. The molecule has 1 aromatic rings. The number of hydrogen-bond donors (Lipinski definition) is 1. The van der Waals surface area contributed by atoms with Gasteiger partial charge >= 0.3 is 0 Å². The largest absolute Gasteiger partial charge is 0.494 e. The Kier molecular flexibility index (Phi) is 6.52. The van der Waals surface area contributed by atoms with E-state index in [2.05, 4.69) is 30.9 Å². The molecule has 1 aliphatic rings. The van der Waals surface area contributed by atoms with Gasteiger partial charge in [-0.15, -0.1) is 0 Å². The smallest absolute Gasteiger partial charge is 0.119 e. The van der Waals surface area contributed by atoms with E-state index in [4.69, 9.17) is 10.5 Å². The molecule has 0 radical (unpaired) electrons. The Morgan fingerprint density at radius 1 is 1.24 bits per heavy atom. The van der Waals surface area contributed by atoms with Gasteiger partial charge in [0.1, 0.15) is 5.75 Å². The first-order valence-electron chi connectivity index (χ1n) is 8.38. The Morgan fingerprint density at radius 3 is 2.67 bits per heavy atom. The third-order valence-electron chi connectivity index (χ3n) is 4.51. The molecule has 118 valence electrons. The van der Waals surface area contributed by atoms with Crippen molar-refractivity contribution in [1.82, 2.24) is 4.90 Å². The Morgan fingerprint density at radius 2 is 2.00 bits per heavy atom. The van der Waals surface area contributed by atoms with Gasteiger partial charge in [0.25, 0.3) is 0 Å². The lowest BCUT2D eigenvalue weighted by atomic mass is 9.90. The minimum Gasteiger partial charge on any atom is -0.494 e. The van der Waals surface area contributed by atoms with Gasteiger partial charge < -0.3 is 15.4 Å². The van der Waals surface area contributed by atoms with Crippen LogP contribution in [0.5, 0.6) is 5.75 Å². The zero-order valence-corrected chi connectivity index (χ0v) is 13.6. The van der Waals surface area contributed by atoms with Gasteiger partial charge in [0.2, 0.25) is 0 Å². The molecule has 1 fully saturated rings. The van der Waals surface area contributed by atoms with Gasteiger partial charge in [0.15, 0.2) is 0 Å². The standard InChI is InChI=1S/C18H30N2O/c1-3-20(17-10-8-16(19)9-11-17)12-5-13-21-18-7-4-6-15(2)14-18/h4,6-7,14,16-17H,3,5,8-13,19H2,1-2H3. The van der Waals surface area contributed by atoms with E-state index in [-0.39, 0.29) is 0 Å². The van der Waals surface area contributed by atoms with Crippen LogP contribution in [-0.2, 0) is 0 Å². The lowest BCUT2D eigenvalue weighted by molar-refractivity contribution is 0.146. The lowest BCUT2D eigenvalue weighted by Crippen LogP contribution is -2.41. The van der Waals surface area contributed by atoms with E-state index in [1.54, 1.807) is 0 Å². The van der Waals surface area contributed by atoms with E-state index in [1.807, 2.05) is 12.1 Å². The minimum absolute atomic E-state index is 0.435. The zero-order valence-electron chi connectivity index (χ0n) is 13.6. The number of hydrogen-bond acceptors (Lipinski definition) is 3. The van der Waals surface area contributed by atoms with Crippen molar-refractivity contribution < 1.29 is 4.74 Å². The highest BCUT2D eigenvalue weighted by molar-refractivity contribution is 5.27. The Hall–Kier alpha value is -1.06. The van der Waals surface area contributed by atoms with Crippen LogP contribution in [0.15, 0.2) is 24.3 Å². The van der Waals surface area contributed by atoms with Crippen molar-refractivity contribution in [2.45, 2.75) is 58.0 Å². The second kappa shape index (κ2) is 8.40. The maximum absolute atomic E-state index is 6.00. The average Bonchev–Trinajstić information content (AvgIpc) is 2.49. The molecule has 21 heavy (non-hydrogen) atoms. The number of aryl methyl sites for hydroxylation is 1. The quantitative estimate of drug-likeness (QED) is 0.783. The van der Waals surface area contributed by atoms with Crippen LogP contribution in [0.4, 0.5) is 0 Å². The van der Waals surface area contributed by atoms with Crippen LogP contribution in [0.1, 0.15) is 44.6 Å². The summed E-state index contributed by atoms with van der Waals surface area (Å²) in [6, 6.07) is 9.44. The summed E-state index contributed by atoms with van der Waals surface area (Å²) in [6.45, 7) is 7.41. The summed E-state index contributed by atoms with van der Waals surface area (Å²) in [7, 11) is 0. The minimum atomic E-state index is 0.435. The highest BCUT2D eigenvalue weighted by Gasteiger charge is 2.22. The topological polar surface area (TPSA) is 38.5 Å². The van der Waals surface area contributed by atoms with Crippen LogP contribution in [0.25, 0.3) is 0 Å². The Bertz CT molecular complexity index is 413. The monoisotopic (exact) mass is 290 g/mol. The summed E-state index contributed by atoms with van der Waals surface area (Å²) in [5.41, 5.74) is 7.25. The van der Waals surface area contributed by atoms with E-state index in [0.717, 1.165) is 37.9 Å². The molecule has 3 heteroatoms. The molecule has 0 atom stereocenters. The number of ether oxygens (including phenoxy) is 1. The molecule has 0 aliphatic heterocycles. The van der Waals surface area contributed by atoms with Crippen LogP contribution < -0.4 is 10.5 Å². The number of nitrogens with zero attached hydrogens (tertiary/aromatic N) is 1. The second-order valence-electron chi connectivity index (χ2n) is 6.22. The molecule has 1 saturated carbocycles. The molecule has 0 spiro atoms. The van der Waals surface area contributed by atoms with Crippen molar-refractivity contribution in [1.29, 1.82) is 0 Å². The first kappa shape index (κ1) is 16.3. The molecule has 3 nitrogen and oxygen atoms in total. The van der Waals surface area contributed by atoms with Crippen molar-refractivity contribution in [3.05, 3.63) is 29.8 Å². The van der Waals surface area contributed by atoms with E-state index in [1.165, 1.54) is 31.2 Å². The molecule has 2 rings (SSSR count). The van der Waals surface area contributed by atoms with Crippen LogP contribution in [0.3, 0.4) is 0 Å². The summed E-state index contributed by atoms with van der Waals surface area (Å²) in [6.07, 6.45) is 5.97. The second-order valence-corrected chi connectivity index (χ2v) is 6.22. The highest BCUT2D eigenvalue weighted by Crippen LogP contribution is 2.22. The van der Waals surface area contributed by atoms with E-state index in [9.17, 15) is 0 Å². The molecule has 0 amide bonds. The SMILES string of the molecule is CCN(CCCOc1cccc(C)c1)C1CCC(N)CC1. The van der Waals surface area contributed by atoms with Crippen molar-refractivity contribution in [3.63, 3.8) is 0 Å². The molecule has 0 aromatic heterocycles. The van der Waals surface area contributed by atoms with Gasteiger partial charge in [-0.1, -0.05) is 19.1 Å². The van der Waals surface area contributed by atoms with E-state index in [0.29, 0.717) is 6.04 Å². The summed E-state index contributed by atoms with van der Waals surface area (Å²) >= 11 is 0. The maximum atomic E-state index is 6.00. The molecule has 1 aliphatic carbocycles. The number of nitrogens with two attached hydrogens (primary N) is 1. The van der Waals surface area contributed by atoms with Crippen LogP contribution in [0.2, 0.25) is 0 Å². The predicted molar refractivity (Wildman–Crippen MR) is 88.8 cm³/mol. The van der Waals surface area contributed by atoms with Gasteiger partial charge in [-0.3, -0.25) is 0 Å². The van der Waals surface area contributed by atoms with Crippen molar-refractivity contribution >= 4 is 0 Å². The predicted octanol–water partition coefficient (Wildman–Crippen LogP) is 3.36. The summed E-state index contributed by atoms with van der Waals surface area (Å²) in [4.78, 5) is 2.60. The Labute approximate surface area is 129 Å². The van der Waals surface area contributed by atoms with Gasteiger partial charge in [-0.05, 0) is 63.3 Å².